The topological polar surface area (TPSA) is 81.4 Å². The number of anilines is 1. The summed E-state index contributed by atoms with van der Waals surface area (Å²) in [6, 6.07) is 11.9. The van der Waals surface area contributed by atoms with Crippen molar-refractivity contribution in [2.24, 2.45) is 5.73 Å². The second-order valence-electron chi connectivity index (χ2n) is 4.61. The van der Waals surface area contributed by atoms with Crippen molar-refractivity contribution < 1.29 is 13.2 Å². The fourth-order valence-corrected chi connectivity index (χ4v) is 3.32. The number of benzene rings is 2. The number of ether oxygens (including phenoxy) is 1. The number of rotatable bonds is 5. The fourth-order valence-electron chi connectivity index (χ4n) is 2.00. The molecule has 3 N–H and O–H groups in total. The second kappa shape index (κ2) is 6.15. The van der Waals surface area contributed by atoms with Gasteiger partial charge in [0, 0.05) is 6.54 Å². The number of nitrogens with two attached hydrogens (primary N) is 1. The minimum Gasteiger partial charge on any atom is -0.495 e. The molecule has 0 spiro atoms. The Labute approximate surface area is 124 Å². The maximum absolute atomic E-state index is 12.5. The normalized spacial score (nSPS) is 11.2. The number of hydrogen-bond acceptors (Lipinski definition) is 4. The summed E-state index contributed by atoms with van der Waals surface area (Å²) >= 11 is 0. The minimum absolute atomic E-state index is 0.245. The standard InChI is InChI=1S/C15H18N2O3S/c1-11-5-3-4-6-15(11)21(18,19)17-13-8-7-12(10-16)9-14(13)20-2/h3-9,17H,10,16H2,1-2H3. The van der Waals surface area contributed by atoms with E-state index >= 15 is 0 Å². The van der Waals surface area contributed by atoms with Crippen LogP contribution in [-0.2, 0) is 16.6 Å². The van der Waals surface area contributed by atoms with Crippen molar-refractivity contribution in [2.75, 3.05) is 11.8 Å². The van der Waals surface area contributed by atoms with Crippen LogP contribution in [0.3, 0.4) is 0 Å². The Morgan fingerprint density at radius 2 is 1.90 bits per heavy atom. The van der Waals surface area contributed by atoms with E-state index in [9.17, 15) is 8.42 Å². The van der Waals surface area contributed by atoms with Crippen molar-refractivity contribution in [3.8, 4) is 5.75 Å². The van der Waals surface area contributed by atoms with Crippen molar-refractivity contribution in [2.45, 2.75) is 18.4 Å². The van der Waals surface area contributed by atoms with Gasteiger partial charge in [-0.2, -0.15) is 0 Å². The van der Waals surface area contributed by atoms with Gasteiger partial charge in [-0.25, -0.2) is 8.42 Å². The lowest BCUT2D eigenvalue weighted by atomic mass is 10.2. The van der Waals surface area contributed by atoms with E-state index in [-0.39, 0.29) is 4.90 Å². The SMILES string of the molecule is COc1cc(CN)ccc1NS(=O)(=O)c1ccccc1C. The molecule has 0 saturated heterocycles. The maximum atomic E-state index is 12.5. The van der Waals surface area contributed by atoms with Crippen LogP contribution in [0, 0.1) is 6.92 Å². The first-order chi connectivity index (χ1) is 9.97. The zero-order chi connectivity index (χ0) is 15.5. The van der Waals surface area contributed by atoms with Gasteiger partial charge in [0.15, 0.2) is 0 Å². The third kappa shape index (κ3) is 3.34. The van der Waals surface area contributed by atoms with Crippen LogP contribution in [0.4, 0.5) is 5.69 Å². The van der Waals surface area contributed by atoms with Gasteiger partial charge in [0.25, 0.3) is 10.0 Å². The molecular weight excluding hydrogens is 288 g/mol. The smallest absolute Gasteiger partial charge is 0.262 e. The summed E-state index contributed by atoms with van der Waals surface area (Å²) in [5.41, 5.74) is 7.50. The maximum Gasteiger partial charge on any atom is 0.262 e. The summed E-state index contributed by atoms with van der Waals surface area (Å²) in [4.78, 5) is 0.245. The second-order valence-corrected chi connectivity index (χ2v) is 6.26. The molecule has 0 fully saturated rings. The molecule has 2 aromatic carbocycles. The molecule has 0 saturated carbocycles. The molecule has 0 aliphatic heterocycles. The first-order valence-electron chi connectivity index (χ1n) is 6.43. The highest BCUT2D eigenvalue weighted by Gasteiger charge is 2.18. The van der Waals surface area contributed by atoms with Gasteiger partial charge in [-0.15, -0.1) is 0 Å². The van der Waals surface area contributed by atoms with Gasteiger partial charge in [0.05, 0.1) is 17.7 Å². The molecule has 0 heterocycles. The lowest BCUT2D eigenvalue weighted by molar-refractivity contribution is 0.416. The van der Waals surface area contributed by atoms with Crippen LogP contribution in [0.15, 0.2) is 47.4 Å². The molecule has 0 aromatic heterocycles. The Balaban J connectivity index is 2.40. The first kappa shape index (κ1) is 15.3. The highest BCUT2D eigenvalue weighted by atomic mass is 32.2. The number of aryl methyl sites for hydroxylation is 1. The summed E-state index contributed by atoms with van der Waals surface area (Å²) in [5.74, 6) is 0.440. The highest BCUT2D eigenvalue weighted by molar-refractivity contribution is 7.92. The Morgan fingerprint density at radius 3 is 2.52 bits per heavy atom. The monoisotopic (exact) mass is 306 g/mol. The van der Waals surface area contributed by atoms with Gasteiger partial charge in [-0.05, 0) is 36.2 Å². The molecule has 6 heteroatoms. The summed E-state index contributed by atoms with van der Waals surface area (Å²) in [6.07, 6.45) is 0. The highest BCUT2D eigenvalue weighted by Crippen LogP contribution is 2.28. The molecule has 0 unspecified atom stereocenters. The van der Waals surface area contributed by atoms with E-state index in [2.05, 4.69) is 4.72 Å². The average molecular weight is 306 g/mol. The molecule has 0 bridgehead atoms. The molecule has 21 heavy (non-hydrogen) atoms. The van der Waals surface area contributed by atoms with Crippen molar-refractivity contribution >= 4 is 15.7 Å². The Morgan fingerprint density at radius 1 is 1.19 bits per heavy atom. The summed E-state index contributed by atoms with van der Waals surface area (Å²) in [5, 5.41) is 0. The van der Waals surface area contributed by atoms with Crippen LogP contribution in [-0.4, -0.2) is 15.5 Å². The number of methoxy groups -OCH3 is 1. The van der Waals surface area contributed by atoms with Crippen LogP contribution in [0.2, 0.25) is 0 Å². The lowest BCUT2D eigenvalue weighted by Gasteiger charge is -2.14. The molecule has 112 valence electrons. The Bertz CT molecular complexity index is 742. The van der Waals surface area contributed by atoms with Crippen LogP contribution in [0.25, 0.3) is 0 Å². The number of hydrogen-bond donors (Lipinski definition) is 2. The van der Waals surface area contributed by atoms with Crippen LogP contribution >= 0.6 is 0 Å². The van der Waals surface area contributed by atoms with Crippen molar-refractivity contribution in [1.29, 1.82) is 0 Å². The van der Waals surface area contributed by atoms with E-state index in [1.54, 1.807) is 49.4 Å². The number of nitrogens with one attached hydrogen (secondary N) is 1. The lowest BCUT2D eigenvalue weighted by Crippen LogP contribution is -2.15. The van der Waals surface area contributed by atoms with Crippen LogP contribution in [0.1, 0.15) is 11.1 Å². The zero-order valence-electron chi connectivity index (χ0n) is 12.0. The molecule has 0 aliphatic rings. The largest absolute Gasteiger partial charge is 0.495 e. The molecule has 0 atom stereocenters. The molecule has 5 nitrogen and oxygen atoms in total. The predicted octanol–water partition coefficient (Wildman–Crippen LogP) is 2.26. The van der Waals surface area contributed by atoms with E-state index in [1.165, 1.54) is 7.11 Å². The molecule has 2 aromatic rings. The Kier molecular flexibility index (Phi) is 4.50. The summed E-state index contributed by atoms with van der Waals surface area (Å²) in [7, 11) is -2.17. The van der Waals surface area contributed by atoms with Crippen molar-refractivity contribution in [3.05, 3.63) is 53.6 Å². The quantitative estimate of drug-likeness (QED) is 0.888. The van der Waals surface area contributed by atoms with E-state index in [4.69, 9.17) is 10.5 Å². The molecule has 0 aliphatic carbocycles. The molecular formula is C15H18N2O3S. The van der Waals surface area contributed by atoms with Gasteiger partial charge in [-0.3, -0.25) is 4.72 Å². The van der Waals surface area contributed by atoms with Crippen molar-refractivity contribution in [3.63, 3.8) is 0 Å². The van der Waals surface area contributed by atoms with E-state index in [0.717, 1.165) is 5.56 Å². The van der Waals surface area contributed by atoms with Gasteiger partial charge in [0.1, 0.15) is 5.75 Å². The van der Waals surface area contributed by atoms with E-state index in [1.807, 2.05) is 0 Å². The van der Waals surface area contributed by atoms with Gasteiger partial charge >= 0.3 is 0 Å². The number of sulfonamides is 1. The van der Waals surface area contributed by atoms with Crippen LogP contribution in [0.5, 0.6) is 5.75 Å². The third-order valence-electron chi connectivity index (χ3n) is 3.13. The fraction of sp³-hybridized carbons (Fsp3) is 0.200. The molecule has 0 radical (unpaired) electrons. The minimum atomic E-state index is -3.66. The van der Waals surface area contributed by atoms with Crippen LogP contribution < -0.4 is 15.2 Å². The zero-order valence-corrected chi connectivity index (χ0v) is 12.8. The molecule has 0 amide bonds. The van der Waals surface area contributed by atoms with Gasteiger partial charge in [-0.1, -0.05) is 24.3 Å². The Hall–Kier alpha value is -2.05. The van der Waals surface area contributed by atoms with Gasteiger partial charge in [0.2, 0.25) is 0 Å². The molecule has 2 rings (SSSR count). The first-order valence-corrected chi connectivity index (χ1v) is 7.91. The van der Waals surface area contributed by atoms with E-state index < -0.39 is 10.0 Å². The predicted molar refractivity (Wildman–Crippen MR) is 82.9 cm³/mol. The summed E-state index contributed by atoms with van der Waals surface area (Å²) < 4.78 is 32.7. The van der Waals surface area contributed by atoms with E-state index in [0.29, 0.717) is 23.5 Å². The van der Waals surface area contributed by atoms with Crippen molar-refractivity contribution in [1.82, 2.24) is 0 Å². The third-order valence-corrected chi connectivity index (χ3v) is 4.65. The van der Waals surface area contributed by atoms with Gasteiger partial charge < -0.3 is 10.5 Å². The average Bonchev–Trinajstić information content (AvgIpc) is 2.47. The summed E-state index contributed by atoms with van der Waals surface area (Å²) in [6.45, 7) is 2.12.